The number of esters is 1. The van der Waals surface area contributed by atoms with Gasteiger partial charge in [-0.05, 0) is 23.6 Å². The van der Waals surface area contributed by atoms with Gasteiger partial charge in [0.25, 0.3) is 11.8 Å². The zero-order valence-corrected chi connectivity index (χ0v) is 17.1. The van der Waals surface area contributed by atoms with Crippen molar-refractivity contribution in [2.45, 2.75) is 6.54 Å². The molecule has 1 heterocycles. The fraction of sp³-hybridized carbons (Fsp3) is 0.316. The number of hydrogen-bond donors (Lipinski definition) is 2. The Balaban J connectivity index is 1.82. The minimum absolute atomic E-state index is 0.209. The fourth-order valence-electron chi connectivity index (χ4n) is 2.31. The van der Waals surface area contributed by atoms with Crippen LogP contribution in [0.4, 0.5) is 0 Å². The van der Waals surface area contributed by atoms with Crippen LogP contribution >= 0.6 is 11.3 Å². The molecular weight excluding hydrogens is 400 g/mol. The van der Waals surface area contributed by atoms with Crippen LogP contribution in [0.25, 0.3) is 0 Å². The van der Waals surface area contributed by atoms with Crippen molar-refractivity contribution < 1.29 is 33.3 Å². The van der Waals surface area contributed by atoms with E-state index in [4.69, 9.17) is 18.9 Å². The van der Waals surface area contributed by atoms with Gasteiger partial charge in [-0.2, -0.15) is 0 Å². The van der Waals surface area contributed by atoms with Crippen molar-refractivity contribution in [1.82, 2.24) is 10.6 Å². The largest absolute Gasteiger partial charge is 0.493 e. The molecule has 29 heavy (non-hydrogen) atoms. The number of amides is 2. The average Bonchev–Trinajstić information content (AvgIpc) is 3.26. The molecule has 0 atom stereocenters. The molecule has 0 unspecified atom stereocenters. The summed E-state index contributed by atoms with van der Waals surface area (Å²) >= 11 is 1.51. The number of benzene rings is 1. The number of nitrogens with one attached hydrogen (secondary N) is 2. The summed E-state index contributed by atoms with van der Waals surface area (Å²) in [6.45, 7) is -0.454. The van der Waals surface area contributed by atoms with Crippen molar-refractivity contribution in [3.63, 3.8) is 0 Å². The Labute approximate surface area is 171 Å². The van der Waals surface area contributed by atoms with Crippen molar-refractivity contribution in [2.24, 2.45) is 0 Å². The van der Waals surface area contributed by atoms with E-state index in [-0.39, 0.29) is 5.56 Å². The molecule has 0 fully saturated rings. The number of methoxy groups -OCH3 is 3. The summed E-state index contributed by atoms with van der Waals surface area (Å²) in [5.74, 6) is -0.744. The van der Waals surface area contributed by atoms with Gasteiger partial charge >= 0.3 is 5.97 Å². The van der Waals surface area contributed by atoms with Gasteiger partial charge in [0.2, 0.25) is 5.75 Å². The Morgan fingerprint density at radius 3 is 2.24 bits per heavy atom. The van der Waals surface area contributed by atoms with E-state index in [1.807, 2.05) is 17.5 Å². The van der Waals surface area contributed by atoms with Crippen molar-refractivity contribution in [3.8, 4) is 17.2 Å². The molecule has 0 spiro atoms. The number of hydrogen-bond acceptors (Lipinski definition) is 8. The molecular formula is C19H22N2O7S. The molecule has 9 nitrogen and oxygen atoms in total. The predicted octanol–water partition coefficient (Wildman–Crippen LogP) is 1.36. The van der Waals surface area contributed by atoms with Crippen LogP contribution < -0.4 is 24.8 Å². The third-order valence-electron chi connectivity index (χ3n) is 3.72. The third kappa shape index (κ3) is 6.39. The fourth-order valence-corrected chi connectivity index (χ4v) is 2.96. The van der Waals surface area contributed by atoms with Crippen LogP contribution in [-0.4, -0.2) is 52.3 Å². The highest BCUT2D eigenvalue weighted by Crippen LogP contribution is 2.38. The molecule has 10 heteroatoms. The molecule has 0 bridgehead atoms. The molecule has 0 aliphatic rings. The maximum Gasteiger partial charge on any atom is 0.325 e. The number of rotatable bonds is 10. The number of carbonyl (C=O) groups is 3. The zero-order chi connectivity index (χ0) is 21.2. The maximum atomic E-state index is 12.3. The van der Waals surface area contributed by atoms with E-state index >= 15 is 0 Å². The second-order valence-corrected chi connectivity index (χ2v) is 6.65. The summed E-state index contributed by atoms with van der Waals surface area (Å²) in [5.41, 5.74) is 0.209. The quantitative estimate of drug-likeness (QED) is 0.556. The van der Waals surface area contributed by atoms with Crippen LogP contribution in [0.2, 0.25) is 0 Å². The van der Waals surface area contributed by atoms with Gasteiger partial charge in [-0.3, -0.25) is 14.4 Å². The topological polar surface area (TPSA) is 112 Å². The first-order valence-corrected chi connectivity index (χ1v) is 9.39. The standard InChI is InChI=1S/C19H22N2O7S/c1-25-14-7-12(8-15(26-2)18(14)27-3)19(24)21-10-17(23)28-11-16(22)20-9-13-5-4-6-29-13/h4-8H,9-11H2,1-3H3,(H,20,22)(H,21,24). The van der Waals surface area contributed by atoms with Gasteiger partial charge in [0.1, 0.15) is 6.54 Å². The molecule has 0 saturated heterocycles. The minimum Gasteiger partial charge on any atom is -0.493 e. The molecule has 1 aromatic carbocycles. The SMILES string of the molecule is COc1cc(C(=O)NCC(=O)OCC(=O)NCc2cccs2)cc(OC)c1OC. The summed E-state index contributed by atoms with van der Waals surface area (Å²) in [6, 6.07) is 6.68. The van der Waals surface area contributed by atoms with Gasteiger partial charge in [0.05, 0.1) is 27.9 Å². The molecule has 0 aliphatic heterocycles. The van der Waals surface area contributed by atoms with E-state index in [0.717, 1.165) is 4.88 Å². The highest BCUT2D eigenvalue weighted by Gasteiger charge is 2.18. The van der Waals surface area contributed by atoms with Crippen molar-refractivity contribution in [1.29, 1.82) is 0 Å². The third-order valence-corrected chi connectivity index (χ3v) is 4.60. The highest BCUT2D eigenvalue weighted by molar-refractivity contribution is 7.09. The molecule has 0 aliphatic carbocycles. The lowest BCUT2D eigenvalue weighted by Gasteiger charge is -2.14. The van der Waals surface area contributed by atoms with Gasteiger partial charge in [-0.25, -0.2) is 0 Å². The van der Waals surface area contributed by atoms with E-state index in [1.54, 1.807) is 0 Å². The summed E-state index contributed by atoms with van der Waals surface area (Å²) in [5, 5.41) is 6.96. The summed E-state index contributed by atoms with van der Waals surface area (Å²) < 4.78 is 20.4. The Morgan fingerprint density at radius 2 is 1.69 bits per heavy atom. The van der Waals surface area contributed by atoms with Gasteiger partial charge in [-0.15, -0.1) is 11.3 Å². The Kier molecular flexibility index (Phi) is 8.28. The van der Waals surface area contributed by atoms with Crippen LogP contribution in [0.5, 0.6) is 17.2 Å². The molecule has 0 radical (unpaired) electrons. The first kappa shape index (κ1) is 22.0. The first-order chi connectivity index (χ1) is 14.0. The smallest absolute Gasteiger partial charge is 0.325 e. The second-order valence-electron chi connectivity index (χ2n) is 5.61. The molecule has 0 saturated carbocycles. The highest BCUT2D eigenvalue weighted by atomic mass is 32.1. The van der Waals surface area contributed by atoms with Gasteiger partial charge in [0.15, 0.2) is 18.1 Å². The maximum absolute atomic E-state index is 12.3. The van der Waals surface area contributed by atoms with E-state index in [2.05, 4.69) is 10.6 Å². The number of carbonyl (C=O) groups excluding carboxylic acids is 3. The van der Waals surface area contributed by atoms with Crippen LogP contribution in [0, 0.1) is 0 Å². The molecule has 2 amide bonds. The average molecular weight is 422 g/mol. The van der Waals surface area contributed by atoms with Gasteiger partial charge < -0.3 is 29.6 Å². The Bertz CT molecular complexity index is 827. The predicted molar refractivity (Wildman–Crippen MR) is 106 cm³/mol. The lowest BCUT2D eigenvalue weighted by Crippen LogP contribution is -2.33. The first-order valence-electron chi connectivity index (χ1n) is 8.51. The Morgan fingerprint density at radius 1 is 1.00 bits per heavy atom. The molecule has 156 valence electrons. The molecule has 2 aromatic rings. The number of thiophene rings is 1. The van der Waals surface area contributed by atoms with Crippen LogP contribution in [0.1, 0.15) is 15.2 Å². The summed E-state index contributed by atoms with van der Waals surface area (Å²) in [6.07, 6.45) is 0. The lowest BCUT2D eigenvalue weighted by molar-refractivity contribution is -0.147. The number of ether oxygens (including phenoxy) is 4. The zero-order valence-electron chi connectivity index (χ0n) is 16.3. The minimum atomic E-state index is -0.739. The van der Waals surface area contributed by atoms with E-state index in [1.165, 1.54) is 44.8 Å². The summed E-state index contributed by atoms with van der Waals surface area (Å²) in [7, 11) is 4.31. The van der Waals surface area contributed by atoms with Crippen LogP contribution in [0.15, 0.2) is 29.6 Å². The normalized spacial score (nSPS) is 10.0. The summed E-state index contributed by atoms with van der Waals surface area (Å²) in [4.78, 5) is 36.8. The van der Waals surface area contributed by atoms with Gasteiger partial charge in [0, 0.05) is 10.4 Å². The monoisotopic (exact) mass is 422 g/mol. The van der Waals surface area contributed by atoms with E-state index in [9.17, 15) is 14.4 Å². The van der Waals surface area contributed by atoms with Crippen LogP contribution in [0.3, 0.4) is 0 Å². The molecule has 2 N–H and O–H groups in total. The van der Waals surface area contributed by atoms with E-state index in [0.29, 0.717) is 23.8 Å². The Hall–Kier alpha value is -3.27. The van der Waals surface area contributed by atoms with Crippen molar-refractivity contribution in [2.75, 3.05) is 34.5 Å². The second kappa shape index (κ2) is 10.9. The molecule has 2 rings (SSSR count). The van der Waals surface area contributed by atoms with Gasteiger partial charge in [-0.1, -0.05) is 6.07 Å². The van der Waals surface area contributed by atoms with Crippen LogP contribution in [-0.2, 0) is 20.9 Å². The van der Waals surface area contributed by atoms with Crippen molar-refractivity contribution >= 4 is 29.1 Å². The lowest BCUT2D eigenvalue weighted by atomic mass is 10.1. The molecule has 1 aromatic heterocycles. The van der Waals surface area contributed by atoms with E-state index < -0.39 is 30.9 Å². The van der Waals surface area contributed by atoms with Crippen molar-refractivity contribution in [3.05, 3.63) is 40.1 Å².